The Morgan fingerprint density at radius 2 is 1.78 bits per heavy atom. The van der Waals surface area contributed by atoms with E-state index in [0.29, 0.717) is 11.2 Å². The van der Waals surface area contributed by atoms with Crippen LogP contribution in [0.5, 0.6) is 0 Å². The zero-order valence-corrected chi connectivity index (χ0v) is 9.33. The van der Waals surface area contributed by atoms with Crippen molar-refractivity contribution in [1.82, 2.24) is 9.97 Å². The minimum Gasteiger partial charge on any atom is -0.423 e. The summed E-state index contributed by atoms with van der Waals surface area (Å²) in [6.07, 6.45) is 6.10. The van der Waals surface area contributed by atoms with Crippen molar-refractivity contribution in [2.75, 3.05) is 0 Å². The van der Waals surface area contributed by atoms with E-state index in [-0.39, 0.29) is 0 Å². The lowest BCUT2D eigenvalue weighted by atomic mass is 9.82. The maximum absolute atomic E-state index is 8.54. The molecule has 8 heteroatoms. The maximum atomic E-state index is 8.54. The summed E-state index contributed by atoms with van der Waals surface area (Å²) in [5.74, 6) is 0. The highest BCUT2D eigenvalue weighted by molar-refractivity contribution is 6.58. The molecule has 0 saturated heterocycles. The molecule has 0 spiro atoms. The average molecular weight is 243 g/mol. The third-order valence-electron chi connectivity index (χ3n) is 1.79. The number of aromatic nitrogens is 2. The van der Waals surface area contributed by atoms with E-state index < -0.39 is 7.12 Å². The zero-order chi connectivity index (χ0) is 13.2. The number of rotatable bonds is 2. The monoisotopic (exact) mass is 243 g/mol. The van der Waals surface area contributed by atoms with E-state index in [4.69, 9.17) is 15.6 Å². The molecular formula is C10H10BN5O2. The van der Waals surface area contributed by atoms with Crippen molar-refractivity contribution in [3.05, 3.63) is 59.5 Å². The van der Waals surface area contributed by atoms with Crippen molar-refractivity contribution in [1.29, 1.82) is 0 Å². The van der Waals surface area contributed by atoms with Crippen molar-refractivity contribution in [2.24, 2.45) is 5.11 Å². The fourth-order valence-electron chi connectivity index (χ4n) is 0.993. The van der Waals surface area contributed by atoms with Gasteiger partial charge in [-0.1, -0.05) is 11.2 Å². The Morgan fingerprint density at radius 1 is 1.11 bits per heavy atom. The molecule has 18 heavy (non-hydrogen) atoms. The van der Waals surface area contributed by atoms with E-state index in [1.165, 1.54) is 12.4 Å². The molecule has 0 atom stereocenters. The summed E-state index contributed by atoms with van der Waals surface area (Å²) < 4.78 is 0. The van der Waals surface area contributed by atoms with Gasteiger partial charge in [-0.15, -0.1) is 0 Å². The van der Waals surface area contributed by atoms with E-state index in [1.54, 1.807) is 36.7 Å². The summed E-state index contributed by atoms with van der Waals surface area (Å²) in [5, 5.41) is 20.4. The molecule has 0 amide bonds. The molecule has 90 valence electrons. The molecule has 2 heterocycles. The van der Waals surface area contributed by atoms with E-state index in [1.807, 2.05) is 0 Å². The molecule has 0 radical (unpaired) electrons. The summed E-state index contributed by atoms with van der Waals surface area (Å²) in [6, 6.07) is 6.64. The van der Waals surface area contributed by atoms with E-state index in [2.05, 4.69) is 20.0 Å². The van der Waals surface area contributed by atoms with Crippen molar-refractivity contribution in [3.63, 3.8) is 0 Å². The van der Waals surface area contributed by atoms with Gasteiger partial charge in [-0.3, -0.25) is 9.97 Å². The normalized spacial score (nSPS) is 8.56. The molecule has 0 bridgehead atoms. The largest absolute Gasteiger partial charge is 0.490 e. The maximum Gasteiger partial charge on any atom is 0.490 e. The number of nitrogens with zero attached hydrogens (tertiary/aromatic N) is 5. The molecule has 0 unspecified atom stereocenters. The zero-order valence-electron chi connectivity index (χ0n) is 9.33. The van der Waals surface area contributed by atoms with Crippen LogP contribution in [0.25, 0.3) is 10.4 Å². The van der Waals surface area contributed by atoms with E-state index in [0.717, 1.165) is 0 Å². The predicted molar refractivity (Wildman–Crippen MR) is 67.1 cm³/mol. The number of pyridine rings is 2. The Labute approximate surface area is 104 Å². The highest BCUT2D eigenvalue weighted by Crippen LogP contribution is 2.06. The van der Waals surface area contributed by atoms with Gasteiger partial charge in [0.2, 0.25) is 0 Å². The molecule has 0 aromatic carbocycles. The van der Waals surface area contributed by atoms with Gasteiger partial charge in [-0.25, -0.2) is 0 Å². The first-order chi connectivity index (χ1) is 8.74. The Kier molecular flexibility index (Phi) is 5.92. The second-order valence-corrected chi connectivity index (χ2v) is 3.06. The van der Waals surface area contributed by atoms with Gasteiger partial charge < -0.3 is 10.0 Å². The summed E-state index contributed by atoms with van der Waals surface area (Å²) >= 11 is 0. The van der Waals surface area contributed by atoms with E-state index >= 15 is 0 Å². The molecule has 0 aliphatic rings. The molecular weight excluding hydrogens is 233 g/mol. The second kappa shape index (κ2) is 7.80. The lowest BCUT2D eigenvalue weighted by Gasteiger charge is -1.93. The lowest BCUT2D eigenvalue weighted by Crippen LogP contribution is -2.29. The molecule has 0 aliphatic carbocycles. The van der Waals surface area contributed by atoms with Crippen LogP contribution >= 0.6 is 0 Å². The van der Waals surface area contributed by atoms with Crippen molar-refractivity contribution in [2.45, 2.75) is 0 Å². The van der Waals surface area contributed by atoms with Crippen LogP contribution in [0.15, 0.2) is 54.2 Å². The number of hydrogen-bond donors (Lipinski definition) is 2. The second-order valence-electron chi connectivity index (χ2n) is 3.06. The quantitative estimate of drug-likeness (QED) is 0.351. The lowest BCUT2D eigenvalue weighted by molar-refractivity contribution is 0.425. The van der Waals surface area contributed by atoms with Gasteiger partial charge in [0.05, 0.1) is 5.69 Å². The predicted octanol–water partition coefficient (Wildman–Crippen LogP) is 0.785. The molecule has 7 nitrogen and oxygen atoms in total. The fraction of sp³-hybridized carbons (Fsp3) is 0. The van der Waals surface area contributed by atoms with Gasteiger partial charge in [0.15, 0.2) is 0 Å². The number of azide groups is 1. The van der Waals surface area contributed by atoms with Gasteiger partial charge in [0.1, 0.15) is 0 Å². The summed E-state index contributed by atoms with van der Waals surface area (Å²) in [6.45, 7) is 0. The van der Waals surface area contributed by atoms with Crippen LogP contribution in [0, 0.1) is 0 Å². The minimum absolute atomic E-state index is 0.414. The molecule has 0 saturated carbocycles. The SMILES string of the molecule is OB(O)c1cccnc1.[N-]=[N+]=Nc1cccnc1. The molecule has 2 rings (SSSR count). The van der Waals surface area contributed by atoms with Gasteiger partial charge in [0, 0.05) is 35.2 Å². The molecule has 0 fully saturated rings. The van der Waals surface area contributed by atoms with Crippen molar-refractivity contribution < 1.29 is 10.0 Å². The molecule has 2 aromatic heterocycles. The first kappa shape index (κ1) is 13.7. The van der Waals surface area contributed by atoms with Crippen LogP contribution in [-0.2, 0) is 0 Å². The van der Waals surface area contributed by atoms with Crippen LogP contribution < -0.4 is 5.46 Å². The summed E-state index contributed by atoms with van der Waals surface area (Å²) in [4.78, 5) is 10.0. The van der Waals surface area contributed by atoms with Gasteiger partial charge in [0.25, 0.3) is 0 Å². The molecule has 0 aliphatic heterocycles. The summed E-state index contributed by atoms with van der Waals surface area (Å²) in [7, 11) is -1.40. The fourth-order valence-corrected chi connectivity index (χ4v) is 0.993. The van der Waals surface area contributed by atoms with Crippen molar-refractivity contribution >= 4 is 18.3 Å². The average Bonchev–Trinajstić information content (AvgIpc) is 2.42. The highest BCUT2D eigenvalue weighted by atomic mass is 16.4. The standard InChI is InChI=1S/C5H6BNO2.C5H4N4/c8-6(9)5-2-1-3-7-4-5;6-9-8-5-2-1-3-7-4-5/h1-4,8-9H;1-4H. The van der Waals surface area contributed by atoms with Gasteiger partial charge in [-0.05, 0) is 23.7 Å². The third kappa shape index (κ3) is 5.08. The Morgan fingerprint density at radius 3 is 2.17 bits per heavy atom. The Hall–Kier alpha value is -2.41. The highest BCUT2D eigenvalue weighted by Gasteiger charge is 2.08. The van der Waals surface area contributed by atoms with E-state index in [9.17, 15) is 0 Å². The van der Waals surface area contributed by atoms with Crippen LogP contribution in [0.4, 0.5) is 5.69 Å². The van der Waals surface area contributed by atoms with Crippen LogP contribution in [-0.4, -0.2) is 27.1 Å². The Bertz CT molecular complexity index is 502. The molecule has 2 aromatic rings. The first-order valence-corrected chi connectivity index (χ1v) is 4.95. The smallest absolute Gasteiger partial charge is 0.423 e. The minimum atomic E-state index is -1.40. The molecule has 2 N–H and O–H groups in total. The Balaban J connectivity index is 0.000000180. The van der Waals surface area contributed by atoms with Gasteiger partial charge in [-0.2, -0.15) is 0 Å². The van der Waals surface area contributed by atoms with Crippen LogP contribution in [0.2, 0.25) is 0 Å². The first-order valence-electron chi connectivity index (χ1n) is 4.95. The topological polar surface area (TPSA) is 115 Å². The third-order valence-corrected chi connectivity index (χ3v) is 1.79. The van der Waals surface area contributed by atoms with Gasteiger partial charge >= 0.3 is 7.12 Å². The van der Waals surface area contributed by atoms with Crippen LogP contribution in [0.3, 0.4) is 0 Å². The van der Waals surface area contributed by atoms with Crippen LogP contribution in [0.1, 0.15) is 0 Å². The number of hydrogen-bond acceptors (Lipinski definition) is 5. The summed E-state index contributed by atoms with van der Waals surface area (Å²) in [5.41, 5.74) is 8.91. The van der Waals surface area contributed by atoms with Crippen molar-refractivity contribution in [3.8, 4) is 0 Å².